The lowest BCUT2D eigenvalue weighted by Gasteiger charge is -2.10. The van der Waals surface area contributed by atoms with Gasteiger partial charge in [-0.1, -0.05) is 17.8 Å². The zero-order chi connectivity index (χ0) is 22.7. The Hall–Kier alpha value is -2.96. The molecular formula is C20H19N5O4S3. The summed E-state index contributed by atoms with van der Waals surface area (Å²) in [6.45, 7) is 2.33. The number of nitrogens with zero attached hydrogens (tertiary/aromatic N) is 4. The molecule has 0 atom stereocenters. The molecule has 9 nitrogen and oxygen atoms in total. The van der Waals surface area contributed by atoms with Gasteiger partial charge in [-0.25, -0.2) is 4.98 Å². The van der Waals surface area contributed by atoms with Crippen LogP contribution in [0.15, 0.2) is 38.9 Å². The van der Waals surface area contributed by atoms with E-state index in [-0.39, 0.29) is 34.9 Å². The van der Waals surface area contributed by atoms with E-state index in [1.807, 2.05) is 29.8 Å². The summed E-state index contributed by atoms with van der Waals surface area (Å²) in [5.41, 5.74) is 0.795. The summed E-state index contributed by atoms with van der Waals surface area (Å²) in [4.78, 5) is 40.2. The summed E-state index contributed by atoms with van der Waals surface area (Å²) in [6, 6.07) is 5.46. The minimum absolute atomic E-state index is 0.0317. The first-order valence-corrected chi connectivity index (χ1v) is 12.2. The van der Waals surface area contributed by atoms with Crippen LogP contribution in [0.25, 0.3) is 20.7 Å². The highest BCUT2D eigenvalue weighted by Gasteiger charge is 2.18. The smallest absolute Gasteiger partial charge is 0.263 e. The summed E-state index contributed by atoms with van der Waals surface area (Å²) < 4.78 is 11.8. The molecule has 4 aromatic heterocycles. The molecule has 166 valence electrons. The van der Waals surface area contributed by atoms with E-state index in [9.17, 15) is 9.59 Å². The molecule has 0 saturated carbocycles. The van der Waals surface area contributed by atoms with Crippen LogP contribution < -0.4 is 20.3 Å². The molecule has 4 heterocycles. The number of ether oxygens (including phenoxy) is 2. The van der Waals surface area contributed by atoms with Crippen LogP contribution in [0.1, 0.15) is 6.92 Å². The summed E-state index contributed by atoms with van der Waals surface area (Å²) in [6.07, 6.45) is 0. The highest BCUT2D eigenvalue weighted by atomic mass is 32.2. The third-order valence-electron chi connectivity index (χ3n) is 4.44. The molecule has 0 unspecified atom stereocenters. The Bertz CT molecular complexity index is 1290. The van der Waals surface area contributed by atoms with E-state index in [4.69, 9.17) is 9.47 Å². The van der Waals surface area contributed by atoms with E-state index in [1.54, 1.807) is 15.9 Å². The van der Waals surface area contributed by atoms with Crippen molar-refractivity contribution >= 4 is 56.5 Å². The zero-order valence-electron chi connectivity index (χ0n) is 17.4. The van der Waals surface area contributed by atoms with Crippen LogP contribution in [0.4, 0.5) is 5.95 Å². The van der Waals surface area contributed by atoms with Crippen molar-refractivity contribution in [2.24, 2.45) is 0 Å². The van der Waals surface area contributed by atoms with Crippen LogP contribution in [-0.2, 0) is 11.3 Å². The van der Waals surface area contributed by atoms with E-state index in [1.165, 1.54) is 43.4 Å². The molecule has 0 fully saturated rings. The topological polar surface area (TPSA) is 108 Å². The van der Waals surface area contributed by atoms with Gasteiger partial charge in [0.15, 0.2) is 5.16 Å². The van der Waals surface area contributed by atoms with Crippen molar-refractivity contribution in [2.75, 3.05) is 25.3 Å². The first kappa shape index (κ1) is 22.2. The normalized spacial score (nSPS) is 11.0. The lowest BCUT2D eigenvalue weighted by molar-refractivity contribution is -0.113. The van der Waals surface area contributed by atoms with Crippen LogP contribution in [0, 0.1) is 0 Å². The Kier molecular flexibility index (Phi) is 6.72. The number of fused-ring (bicyclic) bond motifs is 1. The lowest BCUT2D eigenvalue weighted by atomic mass is 10.2. The van der Waals surface area contributed by atoms with E-state index in [0.717, 1.165) is 10.4 Å². The van der Waals surface area contributed by atoms with Crippen molar-refractivity contribution in [1.29, 1.82) is 0 Å². The molecule has 12 heteroatoms. The molecule has 0 aromatic carbocycles. The standard InChI is InChI=1S/C20H19N5O4S3/c1-4-25-18(27)16-11(12-6-5-7-30-12)9-31-17(16)24-20(25)32-10-13(26)21-19-22-14(28-2)8-15(23-19)29-3/h5-9H,4,10H2,1-3H3,(H,21,22,23,26). The van der Waals surface area contributed by atoms with Gasteiger partial charge in [-0.3, -0.25) is 19.5 Å². The molecule has 4 rings (SSSR count). The number of anilines is 1. The molecule has 0 aliphatic rings. The van der Waals surface area contributed by atoms with Gasteiger partial charge in [0.2, 0.25) is 23.6 Å². The molecule has 0 aliphatic carbocycles. The van der Waals surface area contributed by atoms with Gasteiger partial charge in [0.05, 0.1) is 31.4 Å². The molecule has 0 saturated heterocycles. The predicted molar refractivity (Wildman–Crippen MR) is 127 cm³/mol. The monoisotopic (exact) mass is 489 g/mol. The maximum atomic E-state index is 13.2. The highest BCUT2D eigenvalue weighted by molar-refractivity contribution is 7.99. The SMILES string of the molecule is CCn1c(SCC(=O)Nc2nc(OC)cc(OC)n2)nc2scc(-c3cccs3)c2c1=O. The van der Waals surface area contributed by atoms with Gasteiger partial charge < -0.3 is 9.47 Å². The van der Waals surface area contributed by atoms with Crippen molar-refractivity contribution in [3.8, 4) is 22.2 Å². The second-order valence-corrected chi connectivity index (χ2v) is 9.11. The lowest BCUT2D eigenvalue weighted by Crippen LogP contribution is -2.23. The number of amides is 1. The maximum absolute atomic E-state index is 13.2. The third-order valence-corrected chi connectivity index (χ3v) is 7.19. The van der Waals surface area contributed by atoms with Gasteiger partial charge in [0, 0.05) is 22.4 Å². The van der Waals surface area contributed by atoms with E-state index >= 15 is 0 Å². The number of aromatic nitrogens is 4. The number of hydrogen-bond acceptors (Lipinski definition) is 10. The minimum Gasteiger partial charge on any atom is -0.481 e. The van der Waals surface area contributed by atoms with Crippen molar-refractivity contribution in [1.82, 2.24) is 19.5 Å². The number of carbonyl (C=O) groups excluding carboxylic acids is 1. The third kappa shape index (κ3) is 4.47. The first-order chi connectivity index (χ1) is 15.5. The van der Waals surface area contributed by atoms with E-state index in [2.05, 4.69) is 20.3 Å². The number of thioether (sulfide) groups is 1. The average molecular weight is 490 g/mol. The molecule has 32 heavy (non-hydrogen) atoms. The Balaban J connectivity index is 1.56. The molecular weight excluding hydrogens is 470 g/mol. The van der Waals surface area contributed by atoms with Gasteiger partial charge in [-0.15, -0.1) is 22.7 Å². The van der Waals surface area contributed by atoms with Gasteiger partial charge in [0.1, 0.15) is 4.83 Å². The number of thiophene rings is 2. The van der Waals surface area contributed by atoms with Crippen molar-refractivity contribution in [2.45, 2.75) is 18.6 Å². The summed E-state index contributed by atoms with van der Waals surface area (Å²) >= 11 is 4.20. The fraction of sp³-hybridized carbons (Fsp3) is 0.250. The molecule has 0 bridgehead atoms. The van der Waals surface area contributed by atoms with Crippen LogP contribution in [0.2, 0.25) is 0 Å². The average Bonchev–Trinajstić information content (AvgIpc) is 3.47. The van der Waals surface area contributed by atoms with Crippen molar-refractivity contribution in [3.05, 3.63) is 39.3 Å². The molecule has 0 radical (unpaired) electrons. The molecule has 4 aromatic rings. The van der Waals surface area contributed by atoms with Crippen LogP contribution in [0.3, 0.4) is 0 Å². The van der Waals surface area contributed by atoms with Crippen LogP contribution in [0.5, 0.6) is 11.8 Å². The van der Waals surface area contributed by atoms with Crippen LogP contribution >= 0.6 is 34.4 Å². The molecule has 1 N–H and O–H groups in total. The second kappa shape index (κ2) is 9.67. The van der Waals surface area contributed by atoms with Crippen LogP contribution in [-0.4, -0.2) is 45.4 Å². The Labute approximate surface area is 195 Å². The molecule has 0 spiro atoms. The fourth-order valence-corrected chi connectivity index (χ4v) is 5.63. The molecule has 1 amide bonds. The maximum Gasteiger partial charge on any atom is 0.263 e. The Morgan fingerprint density at radius 1 is 1.19 bits per heavy atom. The van der Waals surface area contributed by atoms with Crippen molar-refractivity contribution < 1.29 is 14.3 Å². The predicted octanol–water partition coefficient (Wildman–Crippen LogP) is 3.74. The van der Waals surface area contributed by atoms with Gasteiger partial charge >= 0.3 is 0 Å². The number of rotatable bonds is 8. The van der Waals surface area contributed by atoms with Crippen molar-refractivity contribution in [3.63, 3.8) is 0 Å². The number of nitrogens with one attached hydrogen (secondary N) is 1. The van der Waals surface area contributed by atoms with E-state index in [0.29, 0.717) is 21.9 Å². The Morgan fingerprint density at radius 2 is 1.94 bits per heavy atom. The van der Waals surface area contributed by atoms with Gasteiger partial charge in [0.25, 0.3) is 5.56 Å². The summed E-state index contributed by atoms with van der Waals surface area (Å²) in [5.74, 6) is 0.302. The number of methoxy groups -OCH3 is 2. The number of carbonyl (C=O) groups is 1. The quantitative estimate of drug-likeness (QED) is 0.295. The summed E-state index contributed by atoms with van der Waals surface area (Å²) in [7, 11) is 2.92. The van der Waals surface area contributed by atoms with Gasteiger partial charge in [-0.2, -0.15) is 9.97 Å². The summed E-state index contributed by atoms with van der Waals surface area (Å²) in [5, 5.41) is 7.66. The first-order valence-electron chi connectivity index (χ1n) is 9.49. The van der Waals surface area contributed by atoms with E-state index < -0.39 is 0 Å². The Morgan fingerprint density at radius 3 is 2.56 bits per heavy atom. The van der Waals surface area contributed by atoms with Gasteiger partial charge in [-0.05, 0) is 18.4 Å². The second-order valence-electron chi connectivity index (χ2n) is 6.36. The molecule has 0 aliphatic heterocycles. The highest BCUT2D eigenvalue weighted by Crippen LogP contribution is 2.34. The largest absolute Gasteiger partial charge is 0.481 e. The number of hydrogen-bond donors (Lipinski definition) is 1. The zero-order valence-corrected chi connectivity index (χ0v) is 19.9. The minimum atomic E-state index is -0.340. The fourth-order valence-electron chi connectivity index (χ4n) is 2.97.